The van der Waals surface area contributed by atoms with Gasteiger partial charge in [0.2, 0.25) is 0 Å². The molecule has 0 amide bonds. The quantitative estimate of drug-likeness (QED) is 0.712. The van der Waals surface area contributed by atoms with Crippen LogP contribution in [0.3, 0.4) is 0 Å². The third kappa shape index (κ3) is 4.02. The van der Waals surface area contributed by atoms with E-state index < -0.39 is 0 Å². The molecule has 96 valence electrons. The Morgan fingerprint density at radius 3 is 2.47 bits per heavy atom. The normalized spacial score (nSPS) is 13.6. The fourth-order valence-electron chi connectivity index (χ4n) is 1.71. The first-order chi connectivity index (χ1) is 8.00. The summed E-state index contributed by atoms with van der Waals surface area (Å²) in [5, 5.41) is 22.4. The topological polar surface area (TPSA) is 52.5 Å². The number of hydrogen-bond acceptors (Lipinski definition) is 3. The number of aliphatic hydroxyl groups excluding tert-OH is 1. The zero-order valence-corrected chi connectivity index (χ0v) is 10.9. The maximum atomic E-state index is 9.81. The highest BCUT2D eigenvalue weighted by atomic mass is 16.3. The van der Waals surface area contributed by atoms with E-state index in [1.54, 1.807) is 6.07 Å². The number of para-hydroxylation sites is 1. The molecule has 1 aromatic carbocycles. The van der Waals surface area contributed by atoms with Gasteiger partial charge in [-0.15, -0.1) is 0 Å². The molecule has 3 nitrogen and oxygen atoms in total. The van der Waals surface area contributed by atoms with Gasteiger partial charge in [0.25, 0.3) is 0 Å². The Morgan fingerprint density at radius 1 is 1.29 bits per heavy atom. The van der Waals surface area contributed by atoms with Gasteiger partial charge in [-0.1, -0.05) is 39.0 Å². The minimum absolute atomic E-state index is 0.127. The number of hydrogen-bond donors (Lipinski definition) is 3. The largest absolute Gasteiger partial charge is 0.508 e. The SMILES string of the molecule is CCC(NCC(C)(C)CO)c1ccccc1O. The molecule has 0 spiro atoms. The van der Waals surface area contributed by atoms with Crippen LogP contribution in [0.25, 0.3) is 0 Å². The molecule has 1 atom stereocenters. The first kappa shape index (κ1) is 14.0. The lowest BCUT2D eigenvalue weighted by Gasteiger charge is -2.26. The van der Waals surface area contributed by atoms with Crippen LogP contribution in [0.5, 0.6) is 5.75 Å². The number of nitrogens with one attached hydrogen (secondary N) is 1. The minimum Gasteiger partial charge on any atom is -0.508 e. The molecule has 0 saturated heterocycles. The second kappa shape index (κ2) is 6.03. The number of benzene rings is 1. The van der Waals surface area contributed by atoms with E-state index >= 15 is 0 Å². The van der Waals surface area contributed by atoms with E-state index in [1.165, 1.54) is 0 Å². The fraction of sp³-hybridized carbons (Fsp3) is 0.571. The monoisotopic (exact) mass is 237 g/mol. The van der Waals surface area contributed by atoms with Gasteiger partial charge in [-0.25, -0.2) is 0 Å². The smallest absolute Gasteiger partial charge is 0.120 e. The van der Waals surface area contributed by atoms with Gasteiger partial charge in [-0.05, 0) is 12.5 Å². The molecule has 0 bridgehead atoms. The van der Waals surface area contributed by atoms with Crippen molar-refractivity contribution < 1.29 is 10.2 Å². The van der Waals surface area contributed by atoms with Crippen molar-refractivity contribution >= 4 is 0 Å². The van der Waals surface area contributed by atoms with Gasteiger partial charge in [0.15, 0.2) is 0 Å². The Hall–Kier alpha value is -1.06. The average molecular weight is 237 g/mol. The zero-order valence-electron chi connectivity index (χ0n) is 10.9. The second-order valence-electron chi connectivity index (χ2n) is 5.22. The molecule has 3 N–H and O–H groups in total. The maximum Gasteiger partial charge on any atom is 0.120 e. The van der Waals surface area contributed by atoms with Crippen molar-refractivity contribution in [2.45, 2.75) is 33.2 Å². The lowest BCUT2D eigenvalue weighted by Crippen LogP contribution is -2.34. The Kier molecular flexibility index (Phi) is 4.97. The third-order valence-electron chi connectivity index (χ3n) is 2.98. The summed E-state index contributed by atoms with van der Waals surface area (Å²) >= 11 is 0. The first-order valence-corrected chi connectivity index (χ1v) is 6.12. The lowest BCUT2D eigenvalue weighted by atomic mass is 9.93. The van der Waals surface area contributed by atoms with E-state index in [0.717, 1.165) is 18.5 Å². The first-order valence-electron chi connectivity index (χ1n) is 6.12. The van der Waals surface area contributed by atoms with E-state index in [4.69, 9.17) is 0 Å². The van der Waals surface area contributed by atoms with E-state index in [-0.39, 0.29) is 18.1 Å². The summed E-state index contributed by atoms with van der Waals surface area (Å²) in [5.41, 5.74) is 0.779. The summed E-state index contributed by atoms with van der Waals surface area (Å²) in [6.45, 7) is 6.97. The molecule has 3 heteroatoms. The Balaban J connectivity index is 2.70. The van der Waals surface area contributed by atoms with Crippen molar-refractivity contribution in [2.24, 2.45) is 5.41 Å². The highest BCUT2D eigenvalue weighted by Gasteiger charge is 2.19. The van der Waals surface area contributed by atoms with Crippen molar-refractivity contribution in [1.29, 1.82) is 0 Å². The summed E-state index contributed by atoms with van der Waals surface area (Å²) < 4.78 is 0. The van der Waals surface area contributed by atoms with Gasteiger partial charge in [0.05, 0.1) is 0 Å². The van der Waals surface area contributed by atoms with E-state index in [1.807, 2.05) is 32.0 Å². The summed E-state index contributed by atoms with van der Waals surface area (Å²) in [6, 6.07) is 7.51. The molecule has 0 aliphatic rings. The van der Waals surface area contributed by atoms with Crippen molar-refractivity contribution in [2.75, 3.05) is 13.2 Å². The summed E-state index contributed by atoms with van der Waals surface area (Å²) in [5.74, 6) is 0.327. The number of aromatic hydroxyl groups is 1. The number of aliphatic hydroxyl groups is 1. The number of rotatable bonds is 6. The second-order valence-corrected chi connectivity index (χ2v) is 5.22. The van der Waals surface area contributed by atoms with E-state index in [9.17, 15) is 10.2 Å². The molecular formula is C14H23NO2. The molecule has 0 aliphatic heterocycles. The van der Waals surface area contributed by atoms with Crippen LogP contribution in [0.2, 0.25) is 0 Å². The van der Waals surface area contributed by atoms with E-state index in [2.05, 4.69) is 12.2 Å². The van der Waals surface area contributed by atoms with Crippen LogP contribution in [0.4, 0.5) is 0 Å². The predicted octanol–water partition coefficient (Wildman–Crippen LogP) is 2.45. The van der Waals surface area contributed by atoms with Crippen molar-refractivity contribution in [3.05, 3.63) is 29.8 Å². The van der Waals surface area contributed by atoms with E-state index in [0.29, 0.717) is 5.75 Å². The average Bonchev–Trinajstić information content (AvgIpc) is 2.32. The Bertz CT molecular complexity index is 350. The molecule has 1 rings (SSSR count). The van der Waals surface area contributed by atoms with Crippen LogP contribution in [0, 0.1) is 5.41 Å². The van der Waals surface area contributed by atoms with Crippen LogP contribution >= 0.6 is 0 Å². The van der Waals surface area contributed by atoms with Crippen LogP contribution in [-0.2, 0) is 0 Å². The Labute approximate surface area is 103 Å². The van der Waals surface area contributed by atoms with Crippen LogP contribution < -0.4 is 5.32 Å². The lowest BCUT2D eigenvalue weighted by molar-refractivity contribution is 0.152. The molecule has 0 aliphatic carbocycles. The van der Waals surface area contributed by atoms with Gasteiger partial charge in [0.1, 0.15) is 5.75 Å². The highest BCUT2D eigenvalue weighted by molar-refractivity contribution is 5.34. The zero-order chi connectivity index (χ0) is 12.9. The maximum absolute atomic E-state index is 9.81. The molecule has 0 aromatic heterocycles. The van der Waals surface area contributed by atoms with Gasteiger partial charge in [0, 0.05) is 30.2 Å². The Morgan fingerprint density at radius 2 is 1.94 bits per heavy atom. The third-order valence-corrected chi connectivity index (χ3v) is 2.98. The molecule has 1 aromatic rings. The van der Waals surface area contributed by atoms with Crippen LogP contribution in [0.1, 0.15) is 38.8 Å². The van der Waals surface area contributed by atoms with Crippen LogP contribution in [-0.4, -0.2) is 23.4 Å². The molecule has 0 radical (unpaired) electrons. The summed E-state index contributed by atoms with van der Waals surface area (Å²) in [6.07, 6.45) is 0.902. The molecule has 17 heavy (non-hydrogen) atoms. The van der Waals surface area contributed by atoms with Gasteiger partial charge in [-0.2, -0.15) is 0 Å². The summed E-state index contributed by atoms with van der Waals surface area (Å²) in [7, 11) is 0. The molecule has 0 heterocycles. The van der Waals surface area contributed by atoms with Gasteiger partial charge < -0.3 is 15.5 Å². The fourth-order valence-corrected chi connectivity index (χ4v) is 1.71. The van der Waals surface area contributed by atoms with Gasteiger partial charge in [-0.3, -0.25) is 0 Å². The summed E-state index contributed by atoms with van der Waals surface area (Å²) in [4.78, 5) is 0. The van der Waals surface area contributed by atoms with Crippen molar-refractivity contribution in [3.63, 3.8) is 0 Å². The number of phenolic OH excluding ortho intramolecular Hbond substituents is 1. The minimum atomic E-state index is -0.141. The number of phenols is 1. The highest BCUT2D eigenvalue weighted by Crippen LogP contribution is 2.26. The molecule has 0 saturated carbocycles. The van der Waals surface area contributed by atoms with Gasteiger partial charge >= 0.3 is 0 Å². The van der Waals surface area contributed by atoms with Crippen LogP contribution in [0.15, 0.2) is 24.3 Å². The van der Waals surface area contributed by atoms with Crippen molar-refractivity contribution in [1.82, 2.24) is 5.32 Å². The molecular weight excluding hydrogens is 214 g/mol. The molecule has 0 fully saturated rings. The standard InChI is InChI=1S/C14H23NO2/c1-4-12(15-9-14(2,3)10-16)11-7-5-6-8-13(11)17/h5-8,12,15-17H,4,9-10H2,1-3H3. The predicted molar refractivity (Wildman–Crippen MR) is 70.0 cm³/mol. The van der Waals surface area contributed by atoms with Crippen molar-refractivity contribution in [3.8, 4) is 5.75 Å². The molecule has 1 unspecified atom stereocenters.